The molecule has 0 saturated carbocycles. The van der Waals surface area contributed by atoms with E-state index in [1.165, 1.54) is 0 Å². The summed E-state index contributed by atoms with van der Waals surface area (Å²) in [4.78, 5) is 25.6. The lowest BCUT2D eigenvalue weighted by Gasteiger charge is -2.42. The Hall–Kier alpha value is -2.46. The highest BCUT2D eigenvalue weighted by atomic mass is 35.5. The fraction of sp³-hybridized carbons (Fsp3) is 0.520. The molecule has 0 bridgehead atoms. The molecule has 2 fully saturated rings. The van der Waals surface area contributed by atoms with Gasteiger partial charge in [0, 0.05) is 42.1 Å². The summed E-state index contributed by atoms with van der Waals surface area (Å²) in [7, 11) is 0. The Morgan fingerprint density at radius 3 is 2.72 bits per heavy atom. The van der Waals surface area contributed by atoms with Crippen LogP contribution in [0.5, 0.6) is 0 Å². The van der Waals surface area contributed by atoms with Crippen molar-refractivity contribution in [2.45, 2.75) is 57.8 Å². The molecule has 0 aliphatic carbocycles. The molecule has 36 heavy (non-hydrogen) atoms. The number of benzene rings is 1. The predicted octanol–water partition coefficient (Wildman–Crippen LogP) is 3.79. The van der Waals surface area contributed by atoms with Gasteiger partial charge in [0.15, 0.2) is 5.65 Å². The maximum absolute atomic E-state index is 11.7. The number of hydrogen-bond acceptors (Lipinski definition) is 7. The number of carbonyl (C=O) groups is 1. The van der Waals surface area contributed by atoms with Crippen LogP contribution < -0.4 is 4.90 Å². The van der Waals surface area contributed by atoms with Gasteiger partial charge in [0.1, 0.15) is 17.4 Å². The molecule has 5 atom stereocenters. The second kappa shape index (κ2) is 9.78. The Morgan fingerprint density at radius 2 is 2.03 bits per heavy atom. The monoisotopic (exact) mass is 532 g/mol. The second-order valence-corrected chi connectivity index (χ2v) is 10.8. The van der Waals surface area contributed by atoms with Crippen LogP contribution >= 0.6 is 23.2 Å². The smallest absolute Gasteiger partial charge is 0.321 e. The van der Waals surface area contributed by atoms with Gasteiger partial charge in [-0.05, 0) is 43.9 Å². The van der Waals surface area contributed by atoms with Crippen LogP contribution in [0.15, 0.2) is 24.4 Å². The van der Waals surface area contributed by atoms with Gasteiger partial charge in [-0.1, -0.05) is 36.2 Å². The first-order chi connectivity index (χ1) is 17.1. The number of aryl methyl sites for hydroxylation is 1. The van der Waals surface area contributed by atoms with E-state index < -0.39 is 18.1 Å². The molecular formula is C25H30Cl2N6O3. The van der Waals surface area contributed by atoms with Crippen molar-refractivity contribution >= 4 is 46.2 Å². The fourth-order valence-corrected chi connectivity index (χ4v) is 6.28. The first-order valence-corrected chi connectivity index (χ1v) is 13.0. The summed E-state index contributed by atoms with van der Waals surface area (Å²) in [6.07, 6.45) is 2.26. The minimum atomic E-state index is -0.865. The number of carboxylic acids is 1. The maximum atomic E-state index is 11.7. The average molecular weight is 533 g/mol. The highest BCUT2D eigenvalue weighted by Gasteiger charge is 2.43. The van der Waals surface area contributed by atoms with Crippen molar-refractivity contribution in [1.82, 2.24) is 24.6 Å². The zero-order valence-electron chi connectivity index (χ0n) is 20.5. The van der Waals surface area contributed by atoms with Crippen LogP contribution in [0.3, 0.4) is 0 Å². The standard InChI is InChI=1S/C25H30Cl2N6O3/c1-13-11-31(7-6-20(13)32-12-17(34)9-21(32)25(35)36)22-10-28-23-14(2)30-33(24(23)29-22)15(3)18-5-4-16(26)8-19(18)27/h4-5,8,10,13,15,17,20-21,34H,6-7,9,11-12H2,1-3H3,(H,35,36). The number of anilines is 1. The third-order valence-corrected chi connectivity index (χ3v) is 8.11. The van der Waals surface area contributed by atoms with E-state index in [1.54, 1.807) is 12.3 Å². The zero-order valence-corrected chi connectivity index (χ0v) is 22.0. The SMILES string of the molecule is Cc1nn(C(C)c2ccc(Cl)cc2Cl)c2nc(N3CCC(N4CC(O)CC4C(=O)O)C(C)C3)cnc12. The molecule has 192 valence electrons. The van der Waals surface area contributed by atoms with Gasteiger partial charge >= 0.3 is 5.97 Å². The fourth-order valence-electron chi connectivity index (χ4n) is 5.72. The van der Waals surface area contributed by atoms with E-state index in [0.29, 0.717) is 22.2 Å². The first kappa shape index (κ1) is 25.2. The highest BCUT2D eigenvalue weighted by Crippen LogP contribution is 2.33. The molecule has 2 aromatic heterocycles. The number of aliphatic carboxylic acids is 1. The third-order valence-electron chi connectivity index (χ3n) is 7.55. The Bertz CT molecular complexity index is 1300. The Labute approximate surface area is 219 Å². The van der Waals surface area contributed by atoms with Gasteiger partial charge in [-0.3, -0.25) is 9.69 Å². The molecule has 2 N–H and O–H groups in total. The molecule has 5 unspecified atom stereocenters. The van der Waals surface area contributed by atoms with Crippen molar-refractivity contribution in [3.8, 4) is 0 Å². The van der Waals surface area contributed by atoms with Crippen molar-refractivity contribution in [3.05, 3.63) is 45.7 Å². The Morgan fingerprint density at radius 1 is 1.25 bits per heavy atom. The number of halogens is 2. The second-order valence-electron chi connectivity index (χ2n) is 9.99. The van der Waals surface area contributed by atoms with Crippen LogP contribution in [0.25, 0.3) is 11.2 Å². The van der Waals surface area contributed by atoms with E-state index in [0.717, 1.165) is 42.1 Å². The Balaban J connectivity index is 1.40. The molecule has 2 aliphatic rings. The summed E-state index contributed by atoms with van der Waals surface area (Å²) in [5.41, 5.74) is 3.12. The van der Waals surface area contributed by atoms with Crippen molar-refractivity contribution in [2.24, 2.45) is 5.92 Å². The van der Waals surface area contributed by atoms with Gasteiger partial charge in [0.25, 0.3) is 0 Å². The minimum absolute atomic E-state index is 0.0935. The van der Waals surface area contributed by atoms with Gasteiger partial charge in [0.05, 0.1) is 24.0 Å². The van der Waals surface area contributed by atoms with Crippen LogP contribution in [0.2, 0.25) is 10.0 Å². The third kappa shape index (κ3) is 4.53. The average Bonchev–Trinajstić information content (AvgIpc) is 3.38. The van der Waals surface area contributed by atoms with Crippen molar-refractivity contribution in [3.63, 3.8) is 0 Å². The molecule has 1 aromatic carbocycles. The first-order valence-electron chi connectivity index (χ1n) is 12.2. The van der Waals surface area contributed by atoms with E-state index in [2.05, 4.69) is 11.8 Å². The van der Waals surface area contributed by atoms with Crippen molar-refractivity contribution in [1.29, 1.82) is 0 Å². The van der Waals surface area contributed by atoms with E-state index in [1.807, 2.05) is 35.6 Å². The van der Waals surface area contributed by atoms with Crippen LogP contribution in [-0.4, -0.2) is 78.7 Å². The molecule has 0 radical (unpaired) electrons. The number of carboxylic acid groups (broad SMARTS) is 1. The summed E-state index contributed by atoms with van der Waals surface area (Å²) in [6.45, 7) is 7.91. The summed E-state index contributed by atoms with van der Waals surface area (Å²) < 4.78 is 1.86. The molecular weight excluding hydrogens is 503 g/mol. The summed E-state index contributed by atoms with van der Waals surface area (Å²) in [6, 6.07) is 4.74. The molecule has 0 spiro atoms. The molecule has 9 nitrogen and oxygen atoms in total. The number of aliphatic hydroxyl groups is 1. The highest BCUT2D eigenvalue weighted by molar-refractivity contribution is 6.35. The topological polar surface area (TPSA) is 108 Å². The number of β-amino-alcohol motifs (C(OH)–C–C–N with tert-alkyl or cyclic N) is 1. The quantitative estimate of drug-likeness (QED) is 0.510. The predicted molar refractivity (Wildman–Crippen MR) is 139 cm³/mol. The molecule has 0 amide bonds. The van der Waals surface area contributed by atoms with E-state index in [9.17, 15) is 15.0 Å². The number of likely N-dealkylation sites (tertiary alicyclic amines) is 1. The van der Waals surface area contributed by atoms with Gasteiger partial charge < -0.3 is 15.1 Å². The summed E-state index contributed by atoms with van der Waals surface area (Å²) in [5.74, 6) is 0.0949. The Kier molecular flexibility index (Phi) is 6.84. The number of hydrogen-bond donors (Lipinski definition) is 2. The number of rotatable bonds is 5. The van der Waals surface area contributed by atoms with Crippen LogP contribution in [0, 0.1) is 12.8 Å². The van der Waals surface area contributed by atoms with Crippen molar-refractivity contribution in [2.75, 3.05) is 24.5 Å². The number of fused-ring (bicyclic) bond motifs is 1. The van der Waals surface area contributed by atoms with Crippen LogP contribution in [-0.2, 0) is 4.79 Å². The van der Waals surface area contributed by atoms with E-state index in [-0.39, 0.29) is 24.4 Å². The van der Waals surface area contributed by atoms with E-state index >= 15 is 0 Å². The normalized spacial score (nSPS) is 26.0. The molecule has 5 rings (SSSR count). The number of aromatic nitrogens is 4. The zero-order chi connectivity index (χ0) is 25.7. The molecule has 2 saturated heterocycles. The van der Waals surface area contributed by atoms with Crippen LogP contribution in [0.1, 0.15) is 44.0 Å². The minimum Gasteiger partial charge on any atom is -0.480 e. The van der Waals surface area contributed by atoms with Gasteiger partial charge in [0.2, 0.25) is 0 Å². The summed E-state index contributed by atoms with van der Waals surface area (Å²) >= 11 is 12.6. The number of piperidine rings is 1. The largest absolute Gasteiger partial charge is 0.480 e. The number of aliphatic hydroxyl groups excluding tert-OH is 1. The van der Waals surface area contributed by atoms with Gasteiger partial charge in [-0.15, -0.1) is 0 Å². The lowest BCUT2D eigenvalue weighted by Crippen LogP contribution is -2.53. The summed E-state index contributed by atoms with van der Waals surface area (Å²) in [5, 5.41) is 25.6. The van der Waals surface area contributed by atoms with Crippen LogP contribution in [0.4, 0.5) is 5.82 Å². The molecule has 2 aliphatic heterocycles. The van der Waals surface area contributed by atoms with Crippen molar-refractivity contribution < 1.29 is 15.0 Å². The lowest BCUT2D eigenvalue weighted by molar-refractivity contribution is -0.143. The van der Waals surface area contributed by atoms with Gasteiger partial charge in [-0.25, -0.2) is 14.6 Å². The van der Waals surface area contributed by atoms with Gasteiger partial charge in [-0.2, -0.15) is 5.10 Å². The van der Waals surface area contributed by atoms with E-state index in [4.69, 9.17) is 38.3 Å². The lowest BCUT2D eigenvalue weighted by atomic mass is 9.91. The molecule has 3 aromatic rings. The number of nitrogens with zero attached hydrogens (tertiary/aromatic N) is 6. The molecule has 11 heteroatoms. The molecule has 4 heterocycles. The maximum Gasteiger partial charge on any atom is 0.321 e.